The predicted molar refractivity (Wildman–Crippen MR) is 69.5 cm³/mol. The largest absolute Gasteiger partial charge is 0.396 e. The van der Waals surface area contributed by atoms with Crippen molar-refractivity contribution in [1.82, 2.24) is 5.32 Å². The average Bonchev–Trinajstić information content (AvgIpc) is 2.17. The van der Waals surface area contributed by atoms with Gasteiger partial charge in [-0.15, -0.1) is 0 Å². The minimum atomic E-state index is 0.302. The normalized spacial score (nSPS) is 28.3. The predicted octanol–water partition coefficient (Wildman–Crippen LogP) is 2.95. The monoisotopic (exact) mass is 227 g/mol. The van der Waals surface area contributed by atoms with Crippen LogP contribution in [0.15, 0.2) is 0 Å². The lowest BCUT2D eigenvalue weighted by atomic mass is 9.81. The maximum absolute atomic E-state index is 8.90. The van der Waals surface area contributed by atoms with Gasteiger partial charge in [-0.2, -0.15) is 0 Å². The summed E-state index contributed by atoms with van der Waals surface area (Å²) in [6, 6.07) is 1.16. The summed E-state index contributed by atoms with van der Waals surface area (Å²) in [7, 11) is 0. The molecule has 0 aromatic heterocycles. The van der Waals surface area contributed by atoms with Gasteiger partial charge in [0.15, 0.2) is 0 Å². The summed E-state index contributed by atoms with van der Waals surface area (Å²) >= 11 is 0. The minimum Gasteiger partial charge on any atom is -0.396 e. The quantitative estimate of drug-likeness (QED) is 0.731. The van der Waals surface area contributed by atoms with Crippen molar-refractivity contribution >= 4 is 0 Å². The molecular weight excluding hydrogens is 198 g/mol. The van der Waals surface area contributed by atoms with E-state index < -0.39 is 0 Å². The van der Waals surface area contributed by atoms with E-state index in [1.165, 1.54) is 32.1 Å². The Bertz CT molecular complexity index is 182. The molecule has 1 saturated carbocycles. The van der Waals surface area contributed by atoms with Crippen LogP contribution in [0.25, 0.3) is 0 Å². The van der Waals surface area contributed by atoms with Crippen molar-refractivity contribution in [3.63, 3.8) is 0 Å². The second-order valence-electron chi connectivity index (χ2n) is 5.94. The first-order valence-corrected chi connectivity index (χ1v) is 6.98. The summed E-state index contributed by atoms with van der Waals surface area (Å²) in [5.74, 6) is 1.76. The molecule has 1 aliphatic rings. The molecule has 1 aliphatic carbocycles. The molecule has 96 valence electrons. The van der Waals surface area contributed by atoms with Gasteiger partial charge in [-0.05, 0) is 44.4 Å². The molecule has 0 saturated heterocycles. The van der Waals surface area contributed by atoms with Crippen LogP contribution in [-0.2, 0) is 0 Å². The number of hydrogen-bond donors (Lipinski definition) is 2. The molecule has 0 aromatic carbocycles. The summed E-state index contributed by atoms with van der Waals surface area (Å²) < 4.78 is 0. The van der Waals surface area contributed by atoms with Crippen LogP contribution in [0.4, 0.5) is 0 Å². The molecule has 0 aliphatic heterocycles. The molecule has 1 rings (SSSR count). The van der Waals surface area contributed by atoms with E-state index in [1.807, 2.05) is 0 Å². The molecule has 0 amide bonds. The highest BCUT2D eigenvalue weighted by molar-refractivity contribution is 4.80. The Morgan fingerprint density at radius 1 is 1.25 bits per heavy atom. The Hall–Kier alpha value is -0.0800. The van der Waals surface area contributed by atoms with Crippen LogP contribution in [0.1, 0.15) is 59.3 Å². The number of hydrogen-bond acceptors (Lipinski definition) is 2. The van der Waals surface area contributed by atoms with Crippen molar-refractivity contribution in [2.24, 2.45) is 11.8 Å². The molecular formula is C14H29NO. The summed E-state index contributed by atoms with van der Waals surface area (Å²) in [5.41, 5.74) is 0. The van der Waals surface area contributed by atoms with E-state index in [0.717, 1.165) is 18.3 Å². The van der Waals surface area contributed by atoms with E-state index in [1.54, 1.807) is 0 Å². The lowest BCUT2D eigenvalue weighted by Gasteiger charge is -2.32. The molecule has 0 bridgehead atoms. The van der Waals surface area contributed by atoms with Gasteiger partial charge in [0.25, 0.3) is 0 Å². The zero-order chi connectivity index (χ0) is 12.0. The van der Waals surface area contributed by atoms with Crippen LogP contribution in [0, 0.1) is 11.8 Å². The second kappa shape index (κ2) is 7.29. The van der Waals surface area contributed by atoms with Gasteiger partial charge in [0.1, 0.15) is 0 Å². The second-order valence-corrected chi connectivity index (χ2v) is 5.94. The summed E-state index contributed by atoms with van der Waals surface area (Å²) in [5, 5.41) is 12.6. The molecule has 0 radical (unpaired) electrons. The highest BCUT2D eigenvalue weighted by atomic mass is 16.3. The van der Waals surface area contributed by atoms with Crippen LogP contribution in [0.5, 0.6) is 0 Å². The first-order valence-electron chi connectivity index (χ1n) is 6.98. The fourth-order valence-electron chi connectivity index (χ4n) is 3.00. The Kier molecular flexibility index (Phi) is 6.37. The molecule has 16 heavy (non-hydrogen) atoms. The Balaban J connectivity index is 2.27. The van der Waals surface area contributed by atoms with Crippen molar-refractivity contribution in [2.75, 3.05) is 6.61 Å². The summed E-state index contributed by atoms with van der Waals surface area (Å²) in [6.07, 6.45) is 7.72. The number of aliphatic hydroxyl groups excluding tert-OH is 1. The number of rotatable bonds is 6. The molecule has 3 atom stereocenters. The third kappa shape index (κ3) is 5.31. The van der Waals surface area contributed by atoms with Crippen LogP contribution < -0.4 is 5.32 Å². The standard InChI is InChI=1S/C14H29NO/c1-11(2)9-13-5-4-6-14(10-13)15-12(3)7-8-16/h11-16H,4-10H2,1-3H3. The lowest BCUT2D eigenvalue weighted by Crippen LogP contribution is -2.40. The van der Waals surface area contributed by atoms with Crippen LogP contribution in [0.2, 0.25) is 0 Å². The Morgan fingerprint density at radius 3 is 2.62 bits per heavy atom. The third-order valence-electron chi connectivity index (χ3n) is 3.67. The average molecular weight is 227 g/mol. The van der Waals surface area contributed by atoms with Crippen molar-refractivity contribution in [3.05, 3.63) is 0 Å². The first-order chi connectivity index (χ1) is 7.61. The summed E-state index contributed by atoms with van der Waals surface area (Å²) in [6.45, 7) is 7.13. The molecule has 3 unspecified atom stereocenters. The van der Waals surface area contributed by atoms with E-state index >= 15 is 0 Å². The fourth-order valence-corrected chi connectivity index (χ4v) is 3.00. The van der Waals surface area contributed by atoms with Gasteiger partial charge in [0, 0.05) is 18.7 Å². The van der Waals surface area contributed by atoms with Gasteiger partial charge in [-0.25, -0.2) is 0 Å². The van der Waals surface area contributed by atoms with Crippen molar-refractivity contribution in [2.45, 2.75) is 71.4 Å². The topological polar surface area (TPSA) is 32.3 Å². The fraction of sp³-hybridized carbons (Fsp3) is 1.00. The van der Waals surface area contributed by atoms with Crippen molar-refractivity contribution in [1.29, 1.82) is 0 Å². The minimum absolute atomic E-state index is 0.302. The van der Waals surface area contributed by atoms with Gasteiger partial charge < -0.3 is 10.4 Å². The smallest absolute Gasteiger partial charge is 0.0445 e. The van der Waals surface area contributed by atoms with Gasteiger partial charge >= 0.3 is 0 Å². The van der Waals surface area contributed by atoms with E-state index in [-0.39, 0.29) is 0 Å². The van der Waals surface area contributed by atoms with E-state index in [2.05, 4.69) is 26.1 Å². The van der Waals surface area contributed by atoms with E-state index in [4.69, 9.17) is 5.11 Å². The maximum Gasteiger partial charge on any atom is 0.0445 e. The zero-order valence-electron chi connectivity index (χ0n) is 11.2. The molecule has 0 heterocycles. The first kappa shape index (κ1) is 14.0. The van der Waals surface area contributed by atoms with Gasteiger partial charge in [-0.1, -0.05) is 26.7 Å². The molecule has 0 spiro atoms. The van der Waals surface area contributed by atoms with Crippen LogP contribution >= 0.6 is 0 Å². The molecule has 0 aromatic rings. The van der Waals surface area contributed by atoms with Gasteiger partial charge in [0.2, 0.25) is 0 Å². The highest BCUT2D eigenvalue weighted by Crippen LogP contribution is 2.29. The molecule has 2 heteroatoms. The number of aliphatic hydroxyl groups is 1. The third-order valence-corrected chi connectivity index (χ3v) is 3.67. The van der Waals surface area contributed by atoms with E-state index in [9.17, 15) is 0 Å². The Labute approximate surface area is 101 Å². The maximum atomic E-state index is 8.90. The SMILES string of the molecule is CC(C)CC1CCCC(NC(C)CCO)C1. The highest BCUT2D eigenvalue weighted by Gasteiger charge is 2.23. The molecule has 1 fully saturated rings. The summed E-state index contributed by atoms with van der Waals surface area (Å²) in [4.78, 5) is 0. The zero-order valence-corrected chi connectivity index (χ0v) is 11.2. The van der Waals surface area contributed by atoms with Crippen LogP contribution in [0.3, 0.4) is 0 Å². The van der Waals surface area contributed by atoms with Gasteiger partial charge in [-0.3, -0.25) is 0 Å². The van der Waals surface area contributed by atoms with Gasteiger partial charge in [0.05, 0.1) is 0 Å². The Morgan fingerprint density at radius 2 is 2.00 bits per heavy atom. The molecule has 2 N–H and O–H groups in total. The molecule has 2 nitrogen and oxygen atoms in total. The van der Waals surface area contributed by atoms with E-state index in [0.29, 0.717) is 18.7 Å². The van der Waals surface area contributed by atoms with Crippen molar-refractivity contribution in [3.8, 4) is 0 Å². The number of nitrogens with one attached hydrogen (secondary N) is 1. The van der Waals surface area contributed by atoms with Crippen LogP contribution in [-0.4, -0.2) is 23.8 Å². The van der Waals surface area contributed by atoms with Crippen molar-refractivity contribution < 1.29 is 5.11 Å². The lowest BCUT2D eigenvalue weighted by molar-refractivity contribution is 0.222.